The molecule has 0 spiro atoms. The number of halogens is 1. The highest BCUT2D eigenvalue weighted by Crippen LogP contribution is 2.41. The highest BCUT2D eigenvalue weighted by molar-refractivity contribution is 6.76. The van der Waals surface area contributed by atoms with E-state index in [4.69, 9.17) is 16.3 Å². The Morgan fingerprint density at radius 1 is 1.29 bits per heavy atom. The summed E-state index contributed by atoms with van der Waals surface area (Å²) in [5, 5.41) is 15.1. The summed E-state index contributed by atoms with van der Waals surface area (Å²) in [5.41, 5.74) is 2.01. The molecule has 9 nitrogen and oxygen atoms in total. The minimum atomic E-state index is -1.15. The van der Waals surface area contributed by atoms with Gasteiger partial charge in [-0.05, 0) is 29.1 Å². The van der Waals surface area contributed by atoms with Crippen molar-refractivity contribution < 1.29 is 14.6 Å². The second kappa shape index (κ2) is 8.97. The Morgan fingerprint density at radius 2 is 2.03 bits per heavy atom. The number of rotatable bonds is 7. The van der Waals surface area contributed by atoms with Gasteiger partial charge < -0.3 is 19.3 Å². The molecule has 0 aliphatic carbocycles. The lowest BCUT2D eigenvalue weighted by Gasteiger charge is -2.52. The summed E-state index contributed by atoms with van der Waals surface area (Å²) in [5.74, 6) is 0. The van der Waals surface area contributed by atoms with E-state index in [0.29, 0.717) is 24.6 Å². The molecule has 1 aliphatic rings. The van der Waals surface area contributed by atoms with Crippen molar-refractivity contribution in [1.82, 2.24) is 29.2 Å². The van der Waals surface area contributed by atoms with Crippen LogP contribution in [0.25, 0.3) is 22.3 Å². The van der Waals surface area contributed by atoms with E-state index in [1.54, 1.807) is 6.20 Å². The standard InChI is InChI=1S/C23H33ClN6O3Si/c1-23(2,3)19-17(13-29(19)22(31)32)30-12-15(11-25-30)18-16-7-8-28(20(16)27-21(24)26-18)14-33-9-10-34(4,5)6/h7-8,11-12,17,19H,9-10,13-14H2,1-6H3,(H,31,32). The predicted octanol–water partition coefficient (Wildman–Crippen LogP) is 5.21. The second-order valence-electron chi connectivity index (χ2n) is 11.2. The molecule has 0 radical (unpaired) electrons. The molecule has 184 valence electrons. The number of nitrogens with zero attached hydrogens (tertiary/aromatic N) is 6. The fourth-order valence-corrected chi connectivity index (χ4v) is 5.42. The van der Waals surface area contributed by atoms with Crippen molar-refractivity contribution in [2.45, 2.75) is 65.3 Å². The van der Waals surface area contributed by atoms with Crippen molar-refractivity contribution in [1.29, 1.82) is 0 Å². The molecule has 11 heteroatoms. The number of aromatic nitrogens is 5. The minimum absolute atomic E-state index is 0.0398. The Kier molecular flexibility index (Phi) is 6.52. The summed E-state index contributed by atoms with van der Waals surface area (Å²) in [6.07, 6.45) is 4.71. The Balaban J connectivity index is 1.58. The number of carboxylic acid groups (broad SMARTS) is 1. The molecule has 1 fully saturated rings. The fourth-order valence-electron chi connectivity index (χ4n) is 4.50. The first-order valence-corrected chi connectivity index (χ1v) is 15.6. The maximum absolute atomic E-state index is 11.6. The zero-order valence-electron chi connectivity index (χ0n) is 20.6. The summed E-state index contributed by atoms with van der Waals surface area (Å²) in [6.45, 7) is 14.7. The first-order valence-electron chi connectivity index (χ1n) is 11.5. The summed E-state index contributed by atoms with van der Waals surface area (Å²) < 4.78 is 9.69. The van der Waals surface area contributed by atoms with Gasteiger partial charge in [0, 0.05) is 44.6 Å². The van der Waals surface area contributed by atoms with Crippen molar-refractivity contribution in [3.05, 3.63) is 29.9 Å². The zero-order chi connectivity index (χ0) is 24.8. The van der Waals surface area contributed by atoms with Crippen molar-refractivity contribution in [3.8, 4) is 11.3 Å². The predicted molar refractivity (Wildman–Crippen MR) is 135 cm³/mol. The molecule has 3 aromatic heterocycles. The van der Waals surface area contributed by atoms with Crippen molar-refractivity contribution in [2.24, 2.45) is 5.41 Å². The summed E-state index contributed by atoms with van der Waals surface area (Å²) >= 11 is 6.30. The van der Waals surface area contributed by atoms with E-state index >= 15 is 0 Å². The topological polar surface area (TPSA) is 98.3 Å². The highest BCUT2D eigenvalue weighted by Gasteiger charge is 2.49. The number of ether oxygens (including phenoxy) is 1. The maximum atomic E-state index is 11.6. The van der Waals surface area contributed by atoms with Gasteiger partial charge in [0.2, 0.25) is 5.28 Å². The third-order valence-corrected chi connectivity index (χ3v) is 8.12. The molecule has 2 atom stereocenters. The first kappa shape index (κ1) is 24.7. The molecule has 1 saturated heterocycles. The fraction of sp³-hybridized carbons (Fsp3) is 0.565. The Hall–Kier alpha value is -2.43. The van der Waals surface area contributed by atoms with E-state index in [9.17, 15) is 9.90 Å². The Morgan fingerprint density at radius 3 is 2.68 bits per heavy atom. The van der Waals surface area contributed by atoms with Gasteiger partial charge in [-0.2, -0.15) is 10.1 Å². The normalized spacial score (nSPS) is 19.0. The molecule has 3 aromatic rings. The lowest BCUT2D eigenvalue weighted by atomic mass is 9.76. The number of hydrogen-bond acceptors (Lipinski definition) is 5. The molecule has 1 N–H and O–H groups in total. The number of carbonyl (C=O) groups is 1. The minimum Gasteiger partial charge on any atom is -0.465 e. The third kappa shape index (κ3) is 4.99. The molecule has 1 amide bonds. The van der Waals surface area contributed by atoms with Gasteiger partial charge in [0.1, 0.15) is 12.4 Å². The van der Waals surface area contributed by atoms with Crippen LogP contribution >= 0.6 is 11.6 Å². The molecule has 4 heterocycles. The van der Waals surface area contributed by atoms with Crippen LogP contribution < -0.4 is 0 Å². The summed E-state index contributed by atoms with van der Waals surface area (Å²) in [6, 6.07) is 2.86. The van der Waals surface area contributed by atoms with Gasteiger partial charge in [0.05, 0.1) is 24.0 Å². The van der Waals surface area contributed by atoms with Crippen molar-refractivity contribution >= 4 is 36.8 Å². The molecular formula is C23H33ClN6O3Si. The van der Waals surface area contributed by atoms with Crippen LogP contribution in [0.4, 0.5) is 4.79 Å². The van der Waals surface area contributed by atoms with Crippen molar-refractivity contribution in [3.63, 3.8) is 0 Å². The lowest BCUT2D eigenvalue weighted by Crippen LogP contribution is -2.63. The highest BCUT2D eigenvalue weighted by atomic mass is 35.5. The van der Waals surface area contributed by atoms with Crippen LogP contribution in [0, 0.1) is 5.41 Å². The average molecular weight is 505 g/mol. The van der Waals surface area contributed by atoms with Gasteiger partial charge in [-0.1, -0.05) is 40.4 Å². The molecule has 1 aliphatic heterocycles. The van der Waals surface area contributed by atoms with Crippen LogP contribution in [0.15, 0.2) is 24.7 Å². The van der Waals surface area contributed by atoms with E-state index in [-0.39, 0.29) is 22.8 Å². The summed E-state index contributed by atoms with van der Waals surface area (Å²) in [4.78, 5) is 22.0. The maximum Gasteiger partial charge on any atom is 0.407 e. The number of amides is 1. The van der Waals surface area contributed by atoms with Gasteiger partial charge in [0.15, 0.2) is 0 Å². The van der Waals surface area contributed by atoms with Crippen LogP contribution in [-0.2, 0) is 11.5 Å². The number of hydrogen-bond donors (Lipinski definition) is 1. The van der Waals surface area contributed by atoms with Gasteiger partial charge in [-0.25, -0.2) is 9.78 Å². The average Bonchev–Trinajstić information content (AvgIpc) is 3.29. The molecule has 0 bridgehead atoms. The first-order chi connectivity index (χ1) is 15.8. The van der Waals surface area contributed by atoms with Crippen LogP contribution in [0.3, 0.4) is 0 Å². The zero-order valence-corrected chi connectivity index (χ0v) is 22.4. The summed E-state index contributed by atoms with van der Waals surface area (Å²) in [7, 11) is -1.15. The molecule has 34 heavy (non-hydrogen) atoms. The number of likely N-dealkylation sites (tertiary alicyclic amines) is 1. The quantitative estimate of drug-likeness (QED) is 0.269. The van der Waals surface area contributed by atoms with Gasteiger partial charge in [0.25, 0.3) is 0 Å². The molecular weight excluding hydrogens is 472 g/mol. The molecule has 4 rings (SSSR count). The van der Waals surface area contributed by atoms with Crippen LogP contribution in [-0.4, -0.2) is 67.7 Å². The molecule has 2 unspecified atom stereocenters. The van der Waals surface area contributed by atoms with Gasteiger partial charge in [-0.15, -0.1) is 0 Å². The Bertz CT molecular complexity index is 1200. The lowest BCUT2D eigenvalue weighted by molar-refractivity contribution is -0.0319. The largest absolute Gasteiger partial charge is 0.465 e. The van der Waals surface area contributed by atoms with E-state index in [1.165, 1.54) is 4.90 Å². The van der Waals surface area contributed by atoms with Crippen LogP contribution in [0.1, 0.15) is 26.8 Å². The van der Waals surface area contributed by atoms with E-state index in [2.05, 4.69) is 34.7 Å². The van der Waals surface area contributed by atoms with Gasteiger partial charge in [-0.3, -0.25) is 4.68 Å². The van der Waals surface area contributed by atoms with Gasteiger partial charge >= 0.3 is 6.09 Å². The number of fused-ring (bicyclic) bond motifs is 1. The van der Waals surface area contributed by atoms with Crippen molar-refractivity contribution in [2.75, 3.05) is 13.2 Å². The third-order valence-electron chi connectivity index (χ3n) is 6.25. The van der Waals surface area contributed by atoms with E-state index < -0.39 is 14.2 Å². The van der Waals surface area contributed by atoms with Crippen LogP contribution in [0.5, 0.6) is 0 Å². The molecule has 0 aromatic carbocycles. The van der Waals surface area contributed by atoms with Crippen LogP contribution in [0.2, 0.25) is 31.0 Å². The molecule has 0 saturated carbocycles. The Labute approximate surface area is 205 Å². The second-order valence-corrected chi connectivity index (χ2v) is 17.2. The van der Waals surface area contributed by atoms with E-state index in [0.717, 1.165) is 23.6 Å². The monoisotopic (exact) mass is 504 g/mol. The SMILES string of the molecule is CC(C)(C)C1C(n2cc(-c3nc(Cl)nc4c3ccn4COCC[Si](C)(C)C)cn2)CN1C(=O)O. The smallest absolute Gasteiger partial charge is 0.407 e. The van der Waals surface area contributed by atoms with E-state index in [1.807, 2.05) is 48.5 Å².